The predicted molar refractivity (Wildman–Crippen MR) is 92.4 cm³/mol. The molecular formula is C18H21F2NO3S. The summed E-state index contributed by atoms with van der Waals surface area (Å²) in [5.41, 5.74) is 1.93. The lowest BCUT2D eigenvalue weighted by Crippen LogP contribution is -2.26. The summed E-state index contributed by atoms with van der Waals surface area (Å²) in [5.74, 6) is 0.0755. The minimum absolute atomic E-state index is 0.0755. The second-order valence-electron chi connectivity index (χ2n) is 5.56. The van der Waals surface area contributed by atoms with Crippen LogP contribution in [0.4, 0.5) is 8.78 Å². The van der Waals surface area contributed by atoms with Gasteiger partial charge in [-0.05, 0) is 48.2 Å². The third-order valence-corrected chi connectivity index (χ3v) is 5.10. The first-order chi connectivity index (χ1) is 11.9. The van der Waals surface area contributed by atoms with Crippen LogP contribution in [0.5, 0.6) is 5.75 Å². The summed E-state index contributed by atoms with van der Waals surface area (Å²) in [6, 6.07) is 13.0. The van der Waals surface area contributed by atoms with Crippen molar-refractivity contribution in [1.29, 1.82) is 0 Å². The molecule has 7 heteroatoms. The van der Waals surface area contributed by atoms with Crippen molar-refractivity contribution in [3.63, 3.8) is 0 Å². The van der Waals surface area contributed by atoms with Crippen molar-refractivity contribution >= 4 is 10.0 Å². The quantitative estimate of drug-likeness (QED) is 0.732. The van der Waals surface area contributed by atoms with E-state index in [0.29, 0.717) is 6.42 Å². The molecule has 4 nitrogen and oxygen atoms in total. The van der Waals surface area contributed by atoms with Crippen LogP contribution in [0.15, 0.2) is 53.4 Å². The van der Waals surface area contributed by atoms with E-state index in [-0.39, 0.29) is 17.2 Å². The molecule has 0 aromatic heterocycles. The SMILES string of the molecule is CCCc1ccc(S(=O)(=O)NCCc2ccc(OC(F)F)cc2)cc1. The maximum absolute atomic E-state index is 12.3. The molecule has 0 saturated carbocycles. The van der Waals surface area contributed by atoms with E-state index in [2.05, 4.69) is 16.4 Å². The largest absolute Gasteiger partial charge is 0.435 e. The predicted octanol–water partition coefficient (Wildman–Crippen LogP) is 3.76. The molecule has 0 spiro atoms. The Balaban J connectivity index is 1.89. The minimum Gasteiger partial charge on any atom is -0.435 e. The van der Waals surface area contributed by atoms with Crippen LogP contribution in [0.2, 0.25) is 0 Å². The van der Waals surface area contributed by atoms with Crippen LogP contribution < -0.4 is 9.46 Å². The number of alkyl halides is 2. The summed E-state index contributed by atoms with van der Waals surface area (Å²) < 4.78 is 55.5. The zero-order chi connectivity index (χ0) is 18.3. The number of nitrogens with one attached hydrogen (secondary N) is 1. The molecule has 0 heterocycles. The molecule has 136 valence electrons. The van der Waals surface area contributed by atoms with E-state index in [1.807, 2.05) is 12.1 Å². The highest BCUT2D eigenvalue weighted by molar-refractivity contribution is 7.89. The van der Waals surface area contributed by atoms with Crippen LogP contribution in [0.25, 0.3) is 0 Å². The normalized spacial score (nSPS) is 11.7. The summed E-state index contributed by atoms with van der Waals surface area (Å²) >= 11 is 0. The smallest absolute Gasteiger partial charge is 0.387 e. The van der Waals surface area contributed by atoms with Crippen LogP contribution in [-0.2, 0) is 22.9 Å². The summed E-state index contributed by atoms with van der Waals surface area (Å²) in [7, 11) is -3.56. The van der Waals surface area contributed by atoms with Crippen molar-refractivity contribution in [3.05, 3.63) is 59.7 Å². The Hall–Kier alpha value is -1.99. The van der Waals surface area contributed by atoms with Crippen LogP contribution in [-0.4, -0.2) is 21.6 Å². The summed E-state index contributed by atoms with van der Waals surface area (Å²) in [6.07, 6.45) is 2.37. The first-order valence-electron chi connectivity index (χ1n) is 8.03. The highest BCUT2D eigenvalue weighted by atomic mass is 32.2. The lowest BCUT2D eigenvalue weighted by atomic mass is 10.1. The molecule has 0 bridgehead atoms. The van der Waals surface area contributed by atoms with Gasteiger partial charge in [0.05, 0.1) is 4.90 Å². The molecule has 2 rings (SSSR count). The van der Waals surface area contributed by atoms with Gasteiger partial charge >= 0.3 is 6.61 Å². The Morgan fingerprint density at radius 3 is 2.08 bits per heavy atom. The first kappa shape index (κ1) is 19.3. The Morgan fingerprint density at radius 1 is 0.960 bits per heavy atom. The van der Waals surface area contributed by atoms with Crippen molar-refractivity contribution in [2.24, 2.45) is 0 Å². The van der Waals surface area contributed by atoms with Crippen LogP contribution in [0, 0.1) is 0 Å². The van der Waals surface area contributed by atoms with Gasteiger partial charge in [0, 0.05) is 6.54 Å². The second-order valence-corrected chi connectivity index (χ2v) is 7.33. The van der Waals surface area contributed by atoms with Gasteiger partial charge in [0.2, 0.25) is 10.0 Å². The van der Waals surface area contributed by atoms with E-state index in [1.165, 1.54) is 12.1 Å². The van der Waals surface area contributed by atoms with Gasteiger partial charge < -0.3 is 4.74 Å². The third kappa shape index (κ3) is 6.10. The number of sulfonamides is 1. The van der Waals surface area contributed by atoms with Gasteiger partial charge in [0.1, 0.15) is 5.75 Å². The molecule has 0 aliphatic heterocycles. The first-order valence-corrected chi connectivity index (χ1v) is 9.51. The molecular weight excluding hydrogens is 348 g/mol. The second kappa shape index (κ2) is 8.92. The molecule has 0 atom stereocenters. The third-order valence-electron chi connectivity index (χ3n) is 3.63. The zero-order valence-corrected chi connectivity index (χ0v) is 14.7. The minimum atomic E-state index is -3.56. The van der Waals surface area contributed by atoms with Gasteiger partial charge in [0.25, 0.3) is 0 Å². The average Bonchev–Trinajstić information content (AvgIpc) is 2.57. The molecule has 0 amide bonds. The number of rotatable bonds is 9. The fourth-order valence-corrected chi connectivity index (χ4v) is 3.41. The molecule has 1 N–H and O–H groups in total. The Labute approximate surface area is 146 Å². The van der Waals surface area contributed by atoms with E-state index in [4.69, 9.17) is 0 Å². The Bertz CT molecular complexity index is 760. The van der Waals surface area contributed by atoms with Gasteiger partial charge in [-0.25, -0.2) is 13.1 Å². The monoisotopic (exact) mass is 369 g/mol. The van der Waals surface area contributed by atoms with E-state index >= 15 is 0 Å². The number of benzene rings is 2. The highest BCUT2D eigenvalue weighted by Crippen LogP contribution is 2.15. The lowest BCUT2D eigenvalue weighted by molar-refractivity contribution is -0.0498. The zero-order valence-electron chi connectivity index (χ0n) is 13.9. The van der Waals surface area contributed by atoms with Gasteiger partial charge in [-0.3, -0.25) is 0 Å². The molecule has 0 aliphatic rings. The lowest BCUT2D eigenvalue weighted by Gasteiger charge is -2.09. The number of ether oxygens (including phenoxy) is 1. The Kier molecular flexibility index (Phi) is 6.90. The van der Waals surface area contributed by atoms with Crippen molar-refractivity contribution in [2.45, 2.75) is 37.7 Å². The van der Waals surface area contributed by atoms with E-state index in [1.54, 1.807) is 24.3 Å². The summed E-state index contributed by atoms with van der Waals surface area (Å²) in [5, 5.41) is 0. The summed E-state index contributed by atoms with van der Waals surface area (Å²) in [4.78, 5) is 0.230. The number of halogens is 2. The Morgan fingerprint density at radius 2 is 1.52 bits per heavy atom. The van der Waals surface area contributed by atoms with Crippen molar-refractivity contribution < 1.29 is 21.9 Å². The standard InChI is InChI=1S/C18H21F2NO3S/c1-2-3-14-6-10-17(11-7-14)25(22,23)21-13-12-15-4-8-16(9-5-15)24-18(19)20/h4-11,18,21H,2-3,12-13H2,1H3. The topological polar surface area (TPSA) is 55.4 Å². The molecule has 0 saturated heterocycles. The molecule has 0 aliphatic carbocycles. The maximum Gasteiger partial charge on any atom is 0.387 e. The molecule has 25 heavy (non-hydrogen) atoms. The van der Waals surface area contributed by atoms with Crippen molar-refractivity contribution in [3.8, 4) is 5.75 Å². The molecule has 0 radical (unpaired) electrons. The molecule has 2 aromatic carbocycles. The summed E-state index contributed by atoms with van der Waals surface area (Å²) in [6.45, 7) is -0.576. The van der Waals surface area contributed by atoms with E-state index < -0.39 is 16.6 Å². The van der Waals surface area contributed by atoms with E-state index in [0.717, 1.165) is 24.0 Å². The van der Waals surface area contributed by atoms with Gasteiger partial charge in [-0.1, -0.05) is 37.6 Å². The highest BCUT2D eigenvalue weighted by Gasteiger charge is 2.13. The van der Waals surface area contributed by atoms with Gasteiger partial charge in [0.15, 0.2) is 0 Å². The van der Waals surface area contributed by atoms with E-state index in [9.17, 15) is 17.2 Å². The fraction of sp³-hybridized carbons (Fsp3) is 0.333. The average molecular weight is 369 g/mol. The van der Waals surface area contributed by atoms with Crippen molar-refractivity contribution in [1.82, 2.24) is 4.72 Å². The molecule has 2 aromatic rings. The molecule has 0 unspecified atom stereocenters. The van der Waals surface area contributed by atoms with Crippen LogP contribution in [0.1, 0.15) is 24.5 Å². The fourth-order valence-electron chi connectivity index (χ4n) is 2.37. The van der Waals surface area contributed by atoms with Gasteiger partial charge in [-0.2, -0.15) is 8.78 Å². The maximum atomic E-state index is 12.3. The molecule has 0 fully saturated rings. The van der Waals surface area contributed by atoms with Crippen LogP contribution >= 0.6 is 0 Å². The van der Waals surface area contributed by atoms with Crippen LogP contribution in [0.3, 0.4) is 0 Å². The number of hydrogen-bond donors (Lipinski definition) is 1. The number of hydrogen-bond acceptors (Lipinski definition) is 3. The van der Waals surface area contributed by atoms with Gasteiger partial charge in [-0.15, -0.1) is 0 Å². The number of aryl methyl sites for hydroxylation is 1. The van der Waals surface area contributed by atoms with Crippen molar-refractivity contribution in [2.75, 3.05) is 6.54 Å².